The Balaban J connectivity index is 1.22. The number of rotatable bonds is 7. The van der Waals surface area contributed by atoms with Crippen LogP contribution in [-0.4, -0.2) is 76.9 Å². The zero-order valence-corrected chi connectivity index (χ0v) is 21.9. The van der Waals surface area contributed by atoms with Crippen LogP contribution in [0.15, 0.2) is 54.9 Å². The SMILES string of the molecule is CCN1CCOCC1c1ccc(Nc2ncc3ccn(-c4cc(F)c(CN5CCOCC5)c(F)c4)c3n2)cc1. The van der Waals surface area contributed by atoms with E-state index in [1.54, 1.807) is 17.0 Å². The first-order valence-electron chi connectivity index (χ1n) is 13.4. The third-order valence-corrected chi connectivity index (χ3v) is 7.51. The van der Waals surface area contributed by atoms with Gasteiger partial charge in [0.1, 0.15) is 17.3 Å². The van der Waals surface area contributed by atoms with E-state index in [0.717, 1.165) is 30.8 Å². The lowest BCUT2D eigenvalue weighted by Crippen LogP contribution is -2.39. The molecule has 10 heteroatoms. The molecule has 2 aliphatic heterocycles. The molecule has 0 amide bonds. The van der Waals surface area contributed by atoms with Crippen LogP contribution in [0.5, 0.6) is 0 Å². The predicted octanol–water partition coefficient (Wildman–Crippen LogP) is 4.67. The number of halogens is 2. The van der Waals surface area contributed by atoms with Crippen LogP contribution in [0.2, 0.25) is 0 Å². The van der Waals surface area contributed by atoms with Gasteiger partial charge in [-0.2, -0.15) is 4.98 Å². The fourth-order valence-corrected chi connectivity index (χ4v) is 5.29. The standard InChI is InChI=1S/C29H32F2N6O2/c1-2-36-11-14-39-19-27(36)20-3-5-22(6-4-20)33-29-32-17-21-7-8-37(28(21)34-29)23-15-25(30)24(26(31)16-23)18-35-9-12-38-13-10-35/h3-8,15-17,27H,2,9-14,18-19H2,1H3,(H,32,33,34). The first-order chi connectivity index (χ1) is 19.1. The number of anilines is 2. The molecule has 1 N–H and O–H groups in total. The summed E-state index contributed by atoms with van der Waals surface area (Å²) in [5.41, 5.74) is 3.05. The lowest BCUT2D eigenvalue weighted by atomic mass is 10.0. The number of aromatic nitrogens is 3. The van der Waals surface area contributed by atoms with Crippen molar-refractivity contribution in [2.75, 3.05) is 57.9 Å². The zero-order chi connectivity index (χ0) is 26.8. The van der Waals surface area contributed by atoms with Crippen LogP contribution in [0.4, 0.5) is 20.4 Å². The maximum atomic E-state index is 15.1. The third kappa shape index (κ3) is 5.51. The van der Waals surface area contributed by atoms with Gasteiger partial charge < -0.3 is 19.4 Å². The molecule has 0 bridgehead atoms. The molecule has 2 aromatic heterocycles. The van der Waals surface area contributed by atoms with Crippen molar-refractivity contribution in [2.45, 2.75) is 19.5 Å². The molecule has 0 saturated carbocycles. The van der Waals surface area contributed by atoms with Crippen molar-refractivity contribution in [3.05, 3.63) is 77.6 Å². The fourth-order valence-electron chi connectivity index (χ4n) is 5.29. The highest BCUT2D eigenvalue weighted by Crippen LogP contribution is 2.27. The number of fused-ring (bicyclic) bond motifs is 1. The summed E-state index contributed by atoms with van der Waals surface area (Å²) in [6.45, 7) is 8.21. The highest BCUT2D eigenvalue weighted by molar-refractivity contribution is 5.78. The van der Waals surface area contributed by atoms with Crippen LogP contribution in [0, 0.1) is 11.6 Å². The molecule has 0 radical (unpaired) electrons. The third-order valence-electron chi connectivity index (χ3n) is 7.51. The summed E-state index contributed by atoms with van der Waals surface area (Å²) in [6, 6.07) is 13.0. The summed E-state index contributed by atoms with van der Waals surface area (Å²) >= 11 is 0. The van der Waals surface area contributed by atoms with Gasteiger partial charge >= 0.3 is 0 Å². The second-order valence-electron chi connectivity index (χ2n) is 9.90. The first-order valence-corrected chi connectivity index (χ1v) is 13.4. The van der Waals surface area contributed by atoms with Gasteiger partial charge in [0, 0.05) is 55.2 Å². The van der Waals surface area contributed by atoms with Gasteiger partial charge in [-0.15, -0.1) is 0 Å². The van der Waals surface area contributed by atoms with Gasteiger partial charge in [-0.3, -0.25) is 9.80 Å². The van der Waals surface area contributed by atoms with Crippen molar-refractivity contribution in [3.63, 3.8) is 0 Å². The summed E-state index contributed by atoms with van der Waals surface area (Å²) < 4.78 is 42.9. The number of hydrogen-bond acceptors (Lipinski definition) is 7. The number of benzene rings is 2. The molecule has 1 unspecified atom stereocenters. The Hall–Kier alpha value is -3.44. The number of ether oxygens (including phenoxy) is 2. The molecule has 4 aromatic rings. The van der Waals surface area contributed by atoms with E-state index in [1.807, 2.05) is 23.1 Å². The van der Waals surface area contributed by atoms with Crippen LogP contribution >= 0.6 is 0 Å². The second kappa shape index (κ2) is 11.4. The number of hydrogen-bond donors (Lipinski definition) is 1. The molecule has 4 heterocycles. The van der Waals surface area contributed by atoms with Crippen LogP contribution in [-0.2, 0) is 16.0 Å². The Morgan fingerprint density at radius 1 is 0.974 bits per heavy atom. The topological polar surface area (TPSA) is 67.7 Å². The van der Waals surface area contributed by atoms with Gasteiger partial charge in [0.15, 0.2) is 0 Å². The largest absolute Gasteiger partial charge is 0.379 e. The maximum Gasteiger partial charge on any atom is 0.229 e. The van der Waals surface area contributed by atoms with Crippen molar-refractivity contribution < 1.29 is 18.3 Å². The van der Waals surface area contributed by atoms with E-state index in [1.165, 1.54) is 17.7 Å². The molecular weight excluding hydrogens is 502 g/mol. The van der Waals surface area contributed by atoms with Gasteiger partial charge in [-0.05, 0) is 42.4 Å². The van der Waals surface area contributed by atoms with Gasteiger partial charge in [-0.1, -0.05) is 19.1 Å². The summed E-state index contributed by atoms with van der Waals surface area (Å²) in [5.74, 6) is -0.747. The Bertz CT molecular complexity index is 1410. The van der Waals surface area contributed by atoms with Crippen molar-refractivity contribution in [2.24, 2.45) is 0 Å². The van der Waals surface area contributed by atoms with Crippen molar-refractivity contribution in [1.82, 2.24) is 24.3 Å². The minimum atomic E-state index is -0.573. The van der Waals surface area contributed by atoms with Gasteiger partial charge in [-0.25, -0.2) is 13.8 Å². The summed E-state index contributed by atoms with van der Waals surface area (Å²) in [5, 5.41) is 4.02. The van der Waals surface area contributed by atoms with E-state index >= 15 is 8.78 Å². The zero-order valence-electron chi connectivity index (χ0n) is 21.9. The normalized spacial score (nSPS) is 19.0. The van der Waals surface area contributed by atoms with Crippen LogP contribution < -0.4 is 5.32 Å². The van der Waals surface area contributed by atoms with Crippen molar-refractivity contribution in [1.29, 1.82) is 0 Å². The van der Waals surface area contributed by atoms with E-state index < -0.39 is 11.6 Å². The minimum absolute atomic E-state index is 0.0689. The monoisotopic (exact) mass is 534 g/mol. The quantitative estimate of drug-likeness (QED) is 0.370. The van der Waals surface area contributed by atoms with Crippen LogP contribution in [0.3, 0.4) is 0 Å². The summed E-state index contributed by atoms with van der Waals surface area (Å²) in [6.07, 6.45) is 3.45. The van der Waals surface area contributed by atoms with Crippen molar-refractivity contribution >= 4 is 22.7 Å². The van der Waals surface area contributed by atoms with Crippen LogP contribution in [0.1, 0.15) is 24.1 Å². The number of likely N-dealkylation sites (N-methyl/N-ethyl adjacent to an activating group) is 1. The molecule has 39 heavy (non-hydrogen) atoms. The van der Waals surface area contributed by atoms with Crippen molar-refractivity contribution in [3.8, 4) is 5.69 Å². The fraction of sp³-hybridized carbons (Fsp3) is 0.379. The molecule has 6 rings (SSSR count). The Morgan fingerprint density at radius 2 is 1.72 bits per heavy atom. The first kappa shape index (κ1) is 25.8. The highest BCUT2D eigenvalue weighted by Gasteiger charge is 2.23. The van der Waals surface area contributed by atoms with E-state index in [9.17, 15) is 0 Å². The van der Waals surface area contributed by atoms with E-state index in [4.69, 9.17) is 9.47 Å². The number of nitrogens with one attached hydrogen (secondary N) is 1. The minimum Gasteiger partial charge on any atom is -0.379 e. The molecule has 8 nitrogen and oxygen atoms in total. The Morgan fingerprint density at radius 3 is 2.46 bits per heavy atom. The number of morpholine rings is 2. The molecule has 2 saturated heterocycles. The molecule has 0 spiro atoms. The average molecular weight is 535 g/mol. The van der Waals surface area contributed by atoms with Gasteiger partial charge in [0.2, 0.25) is 5.95 Å². The molecule has 2 aromatic carbocycles. The Kier molecular flexibility index (Phi) is 7.51. The Labute approximate surface area is 226 Å². The maximum absolute atomic E-state index is 15.1. The predicted molar refractivity (Wildman–Crippen MR) is 145 cm³/mol. The van der Waals surface area contributed by atoms with Gasteiger partial charge in [0.05, 0.1) is 38.2 Å². The molecule has 204 valence electrons. The lowest BCUT2D eigenvalue weighted by Gasteiger charge is -2.35. The van der Waals surface area contributed by atoms with E-state index in [2.05, 4.69) is 39.2 Å². The smallest absolute Gasteiger partial charge is 0.229 e. The molecule has 1 atom stereocenters. The molecular formula is C29H32F2N6O2. The summed E-state index contributed by atoms with van der Waals surface area (Å²) in [4.78, 5) is 13.5. The number of nitrogens with zero attached hydrogens (tertiary/aromatic N) is 5. The highest BCUT2D eigenvalue weighted by atomic mass is 19.1. The van der Waals surface area contributed by atoms with Crippen LogP contribution in [0.25, 0.3) is 16.7 Å². The molecule has 2 aliphatic rings. The van der Waals surface area contributed by atoms with Gasteiger partial charge in [0.25, 0.3) is 0 Å². The summed E-state index contributed by atoms with van der Waals surface area (Å²) in [7, 11) is 0. The average Bonchev–Trinajstić information content (AvgIpc) is 3.39. The second-order valence-corrected chi connectivity index (χ2v) is 9.90. The van der Waals surface area contributed by atoms with E-state index in [0.29, 0.717) is 50.2 Å². The van der Waals surface area contributed by atoms with E-state index in [-0.39, 0.29) is 18.2 Å². The molecule has 2 fully saturated rings. The molecule has 0 aliphatic carbocycles. The lowest BCUT2D eigenvalue weighted by molar-refractivity contribution is -0.00574.